The first-order chi connectivity index (χ1) is 9.19. The SMILES string of the molecule is CCCNC(CCOCCC)c1cc(F)ccc1Cl. The van der Waals surface area contributed by atoms with Gasteiger partial charge in [-0.15, -0.1) is 0 Å². The Kier molecular flexibility index (Phi) is 8.03. The van der Waals surface area contributed by atoms with Crippen molar-refractivity contribution in [3.05, 3.63) is 34.6 Å². The zero-order chi connectivity index (χ0) is 14.1. The van der Waals surface area contributed by atoms with Gasteiger partial charge >= 0.3 is 0 Å². The largest absolute Gasteiger partial charge is 0.381 e. The summed E-state index contributed by atoms with van der Waals surface area (Å²) in [5.41, 5.74) is 0.815. The van der Waals surface area contributed by atoms with Crippen LogP contribution in [0, 0.1) is 5.82 Å². The van der Waals surface area contributed by atoms with Crippen molar-refractivity contribution in [1.82, 2.24) is 5.32 Å². The van der Waals surface area contributed by atoms with Crippen LogP contribution in [-0.2, 0) is 4.74 Å². The Morgan fingerprint density at radius 3 is 2.74 bits per heavy atom. The van der Waals surface area contributed by atoms with Gasteiger partial charge in [0.15, 0.2) is 0 Å². The van der Waals surface area contributed by atoms with Gasteiger partial charge in [-0.1, -0.05) is 25.4 Å². The quantitative estimate of drug-likeness (QED) is 0.682. The molecule has 0 aromatic heterocycles. The van der Waals surface area contributed by atoms with E-state index in [1.54, 1.807) is 6.07 Å². The van der Waals surface area contributed by atoms with Crippen molar-refractivity contribution in [2.75, 3.05) is 19.8 Å². The average Bonchev–Trinajstić information content (AvgIpc) is 2.41. The van der Waals surface area contributed by atoms with Crippen LogP contribution in [-0.4, -0.2) is 19.8 Å². The van der Waals surface area contributed by atoms with E-state index in [1.165, 1.54) is 12.1 Å². The molecule has 108 valence electrons. The Morgan fingerprint density at radius 1 is 1.26 bits per heavy atom. The van der Waals surface area contributed by atoms with Crippen LogP contribution < -0.4 is 5.32 Å². The summed E-state index contributed by atoms with van der Waals surface area (Å²) in [5, 5.41) is 4.00. The van der Waals surface area contributed by atoms with E-state index in [1.807, 2.05) is 0 Å². The molecule has 1 aromatic carbocycles. The lowest BCUT2D eigenvalue weighted by molar-refractivity contribution is 0.124. The van der Waals surface area contributed by atoms with Crippen molar-refractivity contribution < 1.29 is 9.13 Å². The molecule has 1 aromatic rings. The number of hydrogen-bond donors (Lipinski definition) is 1. The van der Waals surface area contributed by atoms with E-state index >= 15 is 0 Å². The molecule has 0 saturated carbocycles. The minimum atomic E-state index is -0.253. The Balaban J connectivity index is 2.68. The fourth-order valence-electron chi connectivity index (χ4n) is 1.92. The third-order valence-electron chi connectivity index (χ3n) is 2.87. The molecule has 0 aliphatic heterocycles. The predicted molar refractivity (Wildman–Crippen MR) is 78.2 cm³/mol. The van der Waals surface area contributed by atoms with Crippen LogP contribution in [0.25, 0.3) is 0 Å². The smallest absolute Gasteiger partial charge is 0.123 e. The van der Waals surface area contributed by atoms with Gasteiger partial charge in [0.05, 0.1) is 0 Å². The van der Waals surface area contributed by atoms with Gasteiger partial charge in [-0.25, -0.2) is 4.39 Å². The molecule has 0 saturated heterocycles. The van der Waals surface area contributed by atoms with E-state index in [0.717, 1.165) is 38.0 Å². The highest BCUT2D eigenvalue weighted by Gasteiger charge is 2.14. The number of benzene rings is 1. The van der Waals surface area contributed by atoms with Crippen LogP contribution in [0.15, 0.2) is 18.2 Å². The Bertz CT molecular complexity index is 373. The van der Waals surface area contributed by atoms with E-state index in [0.29, 0.717) is 11.6 Å². The number of ether oxygens (including phenoxy) is 1. The Labute approximate surface area is 120 Å². The summed E-state index contributed by atoms with van der Waals surface area (Å²) in [7, 11) is 0. The summed E-state index contributed by atoms with van der Waals surface area (Å²) in [6, 6.07) is 4.55. The van der Waals surface area contributed by atoms with E-state index in [9.17, 15) is 4.39 Å². The van der Waals surface area contributed by atoms with Crippen LogP contribution in [0.3, 0.4) is 0 Å². The average molecular weight is 288 g/mol. The summed E-state index contributed by atoms with van der Waals surface area (Å²) in [6.45, 7) is 6.48. The highest BCUT2D eigenvalue weighted by molar-refractivity contribution is 6.31. The molecule has 0 amide bonds. The standard InChI is InChI=1S/C15H23ClFNO/c1-3-8-18-15(7-10-19-9-4-2)13-11-12(17)5-6-14(13)16/h5-6,11,15,18H,3-4,7-10H2,1-2H3. The minimum Gasteiger partial charge on any atom is -0.381 e. The zero-order valence-corrected chi connectivity index (χ0v) is 12.5. The summed E-state index contributed by atoms with van der Waals surface area (Å²) >= 11 is 6.16. The molecule has 0 heterocycles. The third-order valence-corrected chi connectivity index (χ3v) is 3.22. The third kappa shape index (κ3) is 5.89. The first kappa shape index (κ1) is 16.4. The van der Waals surface area contributed by atoms with E-state index < -0.39 is 0 Å². The molecule has 0 bridgehead atoms. The molecule has 1 N–H and O–H groups in total. The lowest BCUT2D eigenvalue weighted by Gasteiger charge is -2.20. The maximum atomic E-state index is 13.4. The molecular formula is C15H23ClFNO. The van der Waals surface area contributed by atoms with Crippen molar-refractivity contribution >= 4 is 11.6 Å². The molecule has 1 atom stereocenters. The Morgan fingerprint density at radius 2 is 2.05 bits per heavy atom. The van der Waals surface area contributed by atoms with Crippen LogP contribution >= 0.6 is 11.6 Å². The maximum absolute atomic E-state index is 13.4. The van der Waals surface area contributed by atoms with Gasteiger partial charge in [0.1, 0.15) is 5.82 Å². The molecule has 4 heteroatoms. The van der Waals surface area contributed by atoms with Gasteiger partial charge in [-0.2, -0.15) is 0 Å². The van der Waals surface area contributed by atoms with Crippen LogP contribution in [0.2, 0.25) is 5.02 Å². The highest BCUT2D eigenvalue weighted by Crippen LogP contribution is 2.26. The first-order valence-electron chi connectivity index (χ1n) is 6.95. The second-order valence-electron chi connectivity index (χ2n) is 4.57. The first-order valence-corrected chi connectivity index (χ1v) is 7.32. The molecule has 19 heavy (non-hydrogen) atoms. The van der Waals surface area contributed by atoms with Crippen molar-refractivity contribution in [2.45, 2.75) is 39.2 Å². The van der Waals surface area contributed by atoms with Crippen LogP contribution in [0.5, 0.6) is 0 Å². The molecule has 0 aliphatic carbocycles. The molecule has 0 spiro atoms. The highest BCUT2D eigenvalue weighted by atomic mass is 35.5. The number of rotatable bonds is 9. The maximum Gasteiger partial charge on any atom is 0.123 e. The molecule has 0 aliphatic rings. The summed E-state index contributed by atoms with van der Waals surface area (Å²) < 4.78 is 18.9. The molecule has 1 rings (SSSR count). The van der Waals surface area contributed by atoms with Crippen molar-refractivity contribution in [2.24, 2.45) is 0 Å². The molecule has 2 nitrogen and oxygen atoms in total. The number of halogens is 2. The molecule has 0 fully saturated rings. The van der Waals surface area contributed by atoms with Gasteiger partial charge in [-0.3, -0.25) is 0 Å². The van der Waals surface area contributed by atoms with Crippen molar-refractivity contribution in [3.63, 3.8) is 0 Å². The fraction of sp³-hybridized carbons (Fsp3) is 0.600. The van der Waals surface area contributed by atoms with Crippen LogP contribution in [0.4, 0.5) is 4.39 Å². The van der Waals surface area contributed by atoms with Crippen molar-refractivity contribution in [3.8, 4) is 0 Å². The van der Waals surface area contributed by atoms with Crippen LogP contribution in [0.1, 0.15) is 44.7 Å². The van der Waals surface area contributed by atoms with Gasteiger partial charge in [0, 0.05) is 24.3 Å². The van der Waals surface area contributed by atoms with Gasteiger partial charge in [-0.05, 0) is 49.6 Å². The second kappa shape index (κ2) is 9.29. The van der Waals surface area contributed by atoms with E-state index in [4.69, 9.17) is 16.3 Å². The number of hydrogen-bond acceptors (Lipinski definition) is 2. The summed E-state index contributed by atoms with van der Waals surface area (Å²) in [4.78, 5) is 0. The molecule has 0 radical (unpaired) electrons. The minimum absolute atomic E-state index is 0.0417. The fourth-order valence-corrected chi connectivity index (χ4v) is 2.16. The molecule has 1 unspecified atom stereocenters. The summed E-state index contributed by atoms with van der Waals surface area (Å²) in [5.74, 6) is -0.253. The number of nitrogens with one attached hydrogen (secondary N) is 1. The topological polar surface area (TPSA) is 21.3 Å². The van der Waals surface area contributed by atoms with E-state index in [2.05, 4.69) is 19.2 Å². The second-order valence-corrected chi connectivity index (χ2v) is 4.98. The Hall–Kier alpha value is -0.640. The summed E-state index contributed by atoms with van der Waals surface area (Å²) in [6.07, 6.45) is 2.83. The van der Waals surface area contributed by atoms with Gasteiger partial charge < -0.3 is 10.1 Å². The molecular weight excluding hydrogens is 265 g/mol. The van der Waals surface area contributed by atoms with Crippen molar-refractivity contribution in [1.29, 1.82) is 0 Å². The van der Waals surface area contributed by atoms with Gasteiger partial charge in [0.2, 0.25) is 0 Å². The zero-order valence-electron chi connectivity index (χ0n) is 11.7. The van der Waals surface area contributed by atoms with E-state index in [-0.39, 0.29) is 11.9 Å². The monoisotopic (exact) mass is 287 g/mol. The van der Waals surface area contributed by atoms with Gasteiger partial charge in [0.25, 0.3) is 0 Å². The normalized spacial score (nSPS) is 12.6. The lowest BCUT2D eigenvalue weighted by atomic mass is 10.0. The predicted octanol–water partition coefficient (Wildman–Crippen LogP) is 4.34. The lowest BCUT2D eigenvalue weighted by Crippen LogP contribution is -2.24.